The van der Waals surface area contributed by atoms with Gasteiger partial charge < -0.3 is 4.74 Å². The van der Waals surface area contributed by atoms with E-state index in [1.165, 1.54) is 5.56 Å². The second-order valence-electron chi connectivity index (χ2n) is 7.38. The number of benzene rings is 3. The van der Waals surface area contributed by atoms with E-state index in [9.17, 15) is 5.26 Å². The maximum absolute atomic E-state index is 9.27. The predicted molar refractivity (Wildman–Crippen MR) is 117 cm³/mol. The summed E-state index contributed by atoms with van der Waals surface area (Å²) in [5.74, 6) is 1.20. The normalized spacial score (nSPS) is 10.8. The summed E-state index contributed by atoms with van der Waals surface area (Å²) in [6.07, 6.45) is 1.83. The zero-order chi connectivity index (χ0) is 20.2. The van der Waals surface area contributed by atoms with Crippen LogP contribution in [0.5, 0.6) is 5.75 Å². The first kappa shape index (κ1) is 18.7. The molecule has 3 nitrogen and oxygen atoms in total. The first-order valence-electron chi connectivity index (χ1n) is 9.75. The molecule has 142 valence electrons. The van der Waals surface area contributed by atoms with Crippen LogP contribution >= 0.6 is 0 Å². The fraction of sp³-hybridized carbons (Fsp3) is 0.154. The standard InChI is InChI=1S/C26H22N2O/c1-18(2)23-13-20-10-6-12-28-26(20)25(15-23)19-9-5-11-24(14-19)29-17-22-8-4-3-7-21(22)16-27/h3-15,18H,17H2,1-2H3. The first-order valence-corrected chi connectivity index (χ1v) is 9.75. The smallest absolute Gasteiger partial charge is 0.120 e. The summed E-state index contributed by atoms with van der Waals surface area (Å²) in [4.78, 5) is 4.63. The van der Waals surface area contributed by atoms with Crippen molar-refractivity contribution in [3.05, 3.63) is 95.7 Å². The molecule has 3 heteroatoms. The Balaban J connectivity index is 1.70. The molecule has 4 rings (SSSR count). The lowest BCUT2D eigenvalue weighted by Crippen LogP contribution is -1.98. The number of fused-ring (bicyclic) bond motifs is 1. The van der Waals surface area contributed by atoms with Crippen LogP contribution in [0.25, 0.3) is 22.0 Å². The van der Waals surface area contributed by atoms with E-state index < -0.39 is 0 Å². The van der Waals surface area contributed by atoms with Crippen LogP contribution < -0.4 is 4.74 Å². The molecule has 0 aliphatic rings. The maximum atomic E-state index is 9.27. The van der Waals surface area contributed by atoms with Crippen molar-refractivity contribution in [2.75, 3.05) is 0 Å². The van der Waals surface area contributed by atoms with Crippen molar-refractivity contribution >= 4 is 10.9 Å². The Bertz CT molecular complexity index is 1200. The van der Waals surface area contributed by atoms with Gasteiger partial charge in [-0.25, -0.2) is 0 Å². The lowest BCUT2D eigenvalue weighted by atomic mass is 9.94. The van der Waals surface area contributed by atoms with Gasteiger partial charge in [-0.1, -0.05) is 50.2 Å². The van der Waals surface area contributed by atoms with Crippen LogP contribution in [0, 0.1) is 11.3 Å². The molecule has 1 heterocycles. The van der Waals surface area contributed by atoms with Crippen LogP contribution in [-0.4, -0.2) is 4.98 Å². The summed E-state index contributed by atoms with van der Waals surface area (Å²) in [6.45, 7) is 4.76. The number of rotatable bonds is 5. The van der Waals surface area contributed by atoms with E-state index in [-0.39, 0.29) is 0 Å². The summed E-state index contributed by atoms with van der Waals surface area (Å²) in [6, 6.07) is 26.3. The van der Waals surface area contributed by atoms with E-state index >= 15 is 0 Å². The molecule has 29 heavy (non-hydrogen) atoms. The second kappa shape index (κ2) is 8.16. The third-order valence-electron chi connectivity index (χ3n) is 5.07. The highest BCUT2D eigenvalue weighted by atomic mass is 16.5. The molecule has 0 aliphatic carbocycles. The molecule has 0 saturated carbocycles. The first-order chi connectivity index (χ1) is 14.2. The van der Waals surface area contributed by atoms with Crippen molar-refractivity contribution < 1.29 is 4.74 Å². The van der Waals surface area contributed by atoms with Crippen LogP contribution in [0.1, 0.15) is 36.5 Å². The molecule has 3 aromatic carbocycles. The van der Waals surface area contributed by atoms with E-state index in [0.717, 1.165) is 33.3 Å². The van der Waals surface area contributed by atoms with E-state index in [1.54, 1.807) is 0 Å². The quantitative estimate of drug-likeness (QED) is 0.399. The number of nitriles is 1. The van der Waals surface area contributed by atoms with Gasteiger partial charge in [0.1, 0.15) is 12.4 Å². The summed E-state index contributed by atoms with van der Waals surface area (Å²) < 4.78 is 6.01. The van der Waals surface area contributed by atoms with Gasteiger partial charge in [0.05, 0.1) is 17.1 Å². The Morgan fingerprint density at radius 1 is 0.966 bits per heavy atom. The summed E-state index contributed by atoms with van der Waals surface area (Å²) in [5.41, 5.74) is 5.98. The van der Waals surface area contributed by atoms with Crippen molar-refractivity contribution in [2.45, 2.75) is 26.4 Å². The maximum Gasteiger partial charge on any atom is 0.120 e. The number of nitrogens with zero attached hydrogens (tertiary/aromatic N) is 2. The zero-order valence-corrected chi connectivity index (χ0v) is 16.6. The molecular formula is C26H22N2O. The molecule has 4 aromatic rings. The van der Waals surface area contributed by atoms with Crippen LogP contribution in [0.2, 0.25) is 0 Å². The lowest BCUT2D eigenvalue weighted by Gasteiger charge is -2.13. The van der Waals surface area contributed by atoms with Crippen molar-refractivity contribution in [3.8, 4) is 22.9 Å². The fourth-order valence-electron chi connectivity index (χ4n) is 3.44. The van der Waals surface area contributed by atoms with Crippen molar-refractivity contribution in [3.63, 3.8) is 0 Å². The van der Waals surface area contributed by atoms with Gasteiger partial charge in [0, 0.05) is 22.7 Å². The Morgan fingerprint density at radius 3 is 2.66 bits per heavy atom. The van der Waals surface area contributed by atoms with Crippen LogP contribution in [0.15, 0.2) is 79.0 Å². The molecule has 1 aromatic heterocycles. The SMILES string of the molecule is CC(C)c1cc(-c2cccc(OCc3ccccc3C#N)c2)c2ncccc2c1. The van der Waals surface area contributed by atoms with Crippen LogP contribution in [0.3, 0.4) is 0 Å². The molecule has 0 spiro atoms. The Kier molecular flexibility index (Phi) is 5.27. The van der Waals surface area contributed by atoms with Gasteiger partial charge in [0.25, 0.3) is 0 Å². The molecule has 0 unspecified atom stereocenters. The summed E-state index contributed by atoms with van der Waals surface area (Å²) >= 11 is 0. The minimum Gasteiger partial charge on any atom is -0.489 e. The average molecular weight is 378 g/mol. The van der Waals surface area contributed by atoms with Gasteiger partial charge in [0.15, 0.2) is 0 Å². The summed E-state index contributed by atoms with van der Waals surface area (Å²) in [5, 5.41) is 10.4. The second-order valence-corrected chi connectivity index (χ2v) is 7.38. The third-order valence-corrected chi connectivity index (χ3v) is 5.07. The third kappa shape index (κ3) is 3.97. The van der Waals surface area contributed by atoms with Gasteiger partial charge >= 0.3 is 0 Å². The molecular weight excluding hydrogens is 356 g/mol. The number of ether oxygens (including phenoxy) is 1. The van der Waals surface area contributed by atoms with Crippen molar-refractivity contribution in [1.29, 1.82) is 5.26 Å². The minimum absolute atomic E-state index is 0.359. The number of pyridine rings is 1. The Morgan fingerprint density at radius 2 is 1.83 bits per heavy atom. The van der Waals surface area contributed by atoms with Gasteiger partial charge in [-0.15, -0.1) is 0 Å². The fourth-order valence-corrected chi connectivity index (χ4v) is 3.44. The van der Waals surface area contributed by atoms with Crippen LogP contribution in [-0.2, 0) is 6.61 Å². The molecule has 0 N–H and O–H groups in total. The number of hydrogen-bond donors (Lipinski definition) is 0. The van der Waals surface area contributed by atoms with E-state index in [0.29, 0.717) is 18.1 Å². The van der Waals surface area contributed by atoms with Gasteiger partial charge in [-0.2, -0.15) is 5.26 Å². The average Bonchev–Trinajstić information content (AvgIpc) is 2.77. The molecule has 0 radical (unpaired) electrons. The monoisotopic (exact) mass is 378 g/mol. The highest BCUT2D eigenvalue weighted by Crippen LogP contribution is 2.33. The molecule has 0 atom stereocenters. The minimum atomic E-state index is 0.359. The summed E-state index contributed by atoms with van der Waals surface area (Å²) in [7, 11) is 0. The highest BCUT2D eigenvalue weighted by molar-refractivity contribution is 5.94. The van der Waals surface area contributed by atoms with Gasteiger partial charge in [0.2, 0.25) is 0 Å². The van der Waals surface area contributed by atoms with E-state index in [2.05, 4.69) is 49.2 Å². The van der Waals surface area contributed by atoms with Crippen LogP contribution in [0.4, 0.5) is 0 Å². The number of aromatic nitrogens is 1. The van der Waals surface area contributed by atoms with Gasteiger partial charge in [-0.05, 0) is 53.4 Å². The molecule has 0 fully saturated rings. The number of hydrogen-bond acceptors (Lipinski definition) is 3. The van der Waals surface area contributed by atoms with E-state index in [1.807, 2.05) is 54.7 Å². The Hall–Kier alpha value is -3.64. The van der Waals surface area contributed by atoms with E-state index in [4.69, 9.17) is 4.74 Å². The molecule has 0 saturated heterocycles. The zero-order valence-electron chi connectivity index (χ0n) is 16.6. The van der Waals surface area contributed by atoms with Crippen molar-refractivity contribution in [1.82, 2.24) is 4.98 Å². The Labute approximate surface area is 171 Å². The van der Waals surface area contributed by atoms with Crippen molar-refractivity contribution in [2.24, 2.45) is 0 Å². The highest BCUT2D eigenvalue weighted by Gasteiger charge is 2.11. The predicted octanol–water partition coefficient (Wildman–Crippen LogP) is 6.48. The molecule has 0 bridgehead atoms. The topological polar surface area (TPSA) is 45.9 Å². The molecule has 0 aliphatic heterocycles. The largest absolute Gasteiger partial charge is 0.489 e. The molecule has 0 amide bonds. The van der Waals surface area contributed by atoms with Gasteiger partial charge in [-0.3, -0.25) is 4.98 Å². The lowest BCUT2D eigenvalue weighted by molar-refractivity contribution is 0.306.